The van der Waals surface area contributed by atoms with E-state index in [1.807, 2.05) is 13.8 Å². The number of amides is 3. The molecule has 0 spiro atoms. The molecule has 3 unspecified atom stereocenters. The zero-order valence-electron chi connectivity index (χ0n) is 28.6. The van der Waals surface area contributed by atoms with Gasteiger partial charge in [-0.25, -0.2) is 13.4 Å². The van der Waals surface area contributed by atoms with Crippen LogP contribution < -0.4 is 20.1 Å². The molecule has 3 aromatic rings. The Balaban J connectivity index is 1.22. The van der Waals surface area contributed by atoms with Gasteiger partial charge in [0.05, 0.1) is 11.8 Å². The Morgan fingerprint density at radius 2 is 1.94 bits per heavy atom. The van der Waals surface area contributed by atoms with E-state index in [-0.39, 0.29) is 37.2 Å². The molecule has 3 amide bonds. The molecule has 2 saturated carbocycles. The minimum Gasteiger partial charge on any atom is -0.472 e. The van der Waals surface area contributed by atoms with Gasteiger partial charge in [0, 0.05) is 39.3 Å². The first-order valence-electron chi connectivity index (χ1n) is 17.5. The minimum atomic E-state index is -3.86. The second kappa shape index (κ2) is 14.0. The summed E-state index contributed by atoms with van der Waals surface area (Å²) >= 11 is 2.25. The predicted molar refractivity (Wildman–Crippen MR) is 196 cm³/mol. The van der Waals surface area contributed by atoms with Crippen LogP contribution in [0.2, 0.25) is 0 Å². The average Bonchev–Trinajstić information content (AvgIpc) is 3.99. The highest BCUT2D eigenvalue weighted by Gasteiger charge is 2.62. The van der Waals surface area contributed by atoms with E-state index in [1.165, 1.54) is 11.0 Å². The van der Waals surface area contributed by atoms with Gasteiger partial charge in [0.1, 0.15) is 23.7 Å². The molecule has 5 atom stereocenters. The number of ether oxygens (including phenoxy) is 1. The van der Waals surface area contributed by atoms with Crippen molar-refractivity contribution in [2.24, 2.45) is 11.8 Å². The summed E-state index contributed by atoms with van der Waals surface area (Å²) < 4.78 is 41.0. The molecule has 2 aliphatic heterocycles. The normalized spacial score (nSPS) is 26.8. The van der Waals surface area contributed by atoms with Gasteiger partial charge in [0.2, 0.25) is 33.6 Å². The summed E-state index contributed by atoms with van der Waals surface area (Å²) in [5.74, 6) is -1.62. The van der Waals surface area contributed by atoms with Crippen LogP contribution in [0.3, 0.4) is 0 Å². The number of aromatic nitrogens is 3. The molecule has 7 rings (SSSR count). The number of carbonyl (C=O) groups is 3. The first-order chi connectivity index (χ1) is 24.4. The number of carbonyl (C=O) groups excluding carboxylic acids is 3. The Morgan fingerprint density at radius 3 is 2.67 bits per heavy atom. The van der Waals surface area contributed by atoms with E-state index in [9.17, 15) is 22.8 Å². The van der Waals surface area contributed by atoms with Gasteiger partial charge in [-0.05, 0) is 78.7 Å². The van der Waals surface area contributed by atoms with Crippen molar-refractivity contribution in [3.8, 4) is 5.88 Å². The number of benzene rings is 1. The molecule has 3 fully saturated rings. The number of aryl methyl sites for hydroxylation is 2. The van der Waals surface area contributed by atoms with Crippen LogP contribution in [0.5, 0.6) is 5.88 Å². The SMILES string of the molecule is C=C[C@@H]1C[C@]1(NC(=O)C1CC2CN1C(=O)C(C(C)C)Nc1nnc(o1)CCCCCc1ccc3c(I)cnc(c3c1)O2)C(=O)NS(=O)(=O)C1CC1. The molecule has 6 bridgehead atoms. The second-order valence-corrected chi connectivity index (χ2v) is 17.5. The lowest BCUT2D eigenvalue weighted by molar-refractivity contribution is -0.140. The number of nitrogens with one attached hydrogen (secondary N) is 3. The minimum absolute atomic E-state index is 0.0614. The van der Waals surface area contributed by atoms with Crippen LogP contribution >= 0.6 is 22.6 Å². The van der Waals surface area contributed by atoms with Crippen molar-refractivity contribution in [2.75, 3.05) is 11.9 Å². The Hall–Kier alpha value is -3.80. The van der Waals surface area contributed by atoms with E-state index in [2.05, 4.69) is 77.9 Å². The van der Waals surface area contributed by atoms with Crippen molar-refractivity contribution >= 4 is 67.1 Å². The monoisotopic (exact) mass is 831 g/mol. The fourth-order valence-electron chi connectivity index (χ4n) is 7.05. The molecule has 2 aliphatic carbocycles. The molecule has 1 saturated heterocycles. The summed E-state index contributed by atoms with van der Waals surface area (Å²) in [6, 6.07) is 4.52. The first kappa shape index (κ1) is 35.6. The highest BCUT2D eigenvalue weighted by Crippen LogP contribution is 2.45. The molecule has 51 heavy (non-hydrogen) atoms. The van der Waals surface area contributed by atoms with Crippen LogP contribution in [0.15, 0.2) is 41.5 Å². The van der Waals surface area contributed by atoms with Crippen molar-refractivity contribution in [3.05, 3.63) is 52.1 Å². The predicted octanol–water partition coefficient (Wildman–Crippen LogP) is 3.65. The van der Waals surface area contributed by atoms with Gasteiger partial charge in [0.25, 0.3) is 5.91 Å². The van der Waals surface area contributed by atoms with Crippen LogP contribution in [0.1, 0.15) is 70.2 Å². The maximum absolute atomic E-state index is 14.4. The molecule has 3 N–H and O–H groups in total. The van der Waals surface area contributed by atoms with Crippen molar-refractivity contribution in [3.63, 3.8) is 0 Å². The van der Waals surface area contributed by atoms with Gasteiger partial charge in [-0.15, -0.1) is 11.7 Å². The van der Waals surface area contributed by atoms with E-state index in [0.29, 0.717) is 31.0 Å². The summed E-state index contributed by atoms with van der Waals surface area (Å²) in [6.45, 7) is 7.60. The topological polar surface area (TPSA) is 186 Å². The zero-order valence-corrected chi connectivity index (χ0v) is 31.5. The molecule has 2 aromatic heterocycles. The number of hydrogen-bond donors (Lipinski definition) is 3. The lowest BCUT2D eigenvalue weighted by Gasteiger charge is -2.30. The van der Waals surface area contributed by atoms with E-state index in [4.69, 9.17) is 9.15 Å². The van der Waals surface area contributed by atoms with E-state index in [0.717, 1.165) is 45.6 Å². The Morgan fingerprint density at radius 1 is 1.16 bits per heavy atom. The highest BCUT2D eigenvalue weighted by molar-refractivity contribution is 14.1. The first-order valence-corrected chi connectivity index (χ1v) is 20.1. The van der Waals surface area contributed by atoms with Crippen LogP contribution in [-0.4, -0.2) is 81.7 Å². The molecule has 0 radical (unpaired) electrons. The van der Waals surface area contributed by atoms with E-state index >= 15 is 0 Å². The Kier molecular flexibility index (Phi) is 9.75. The van der Waals surface area contributed by atoms with Crippen molar-refractivity contribution in [2.45, 2.75) is 101 Å². The van der Waals surface area contributed by atoms with Gasteiger partial charge < -0.3 is 24.7 Å². The van der Waals surface area contributed by atoms with Crippen molar-refractivity contribution in [1.29, 1.82) is 0 Å². The van der Waals surface area contributed by atoms with E-state index in [1.54, 1.807) is 6.20 Å². The summed E-state index contributed by atoms with van der Waals surface area (Å²) in [7, 11) is -3.86. The highest BCUT2D eigenvalue weighted by atomic mass is 127. The summed E-state index contributed by atoms with van der Waals surface area (Å²) in [5, 5.41) is 15.5. The summed E-state index contributed by atoms with van der Waals surface area (Å²) in [5.41, 5.74) is -0.355. The van der Waals surface area contributed by atoms with Gasteiger partial charge in [-0.3, -0.25) is 19.1 Å². The average molecular weight is 832 g/mol. The number of fused-ring (bicyclic) bond motifs is 5. The van der Waals surface area contributed by atoms with Crippen LogP contribution in [0.25, 0.3) is 10.8 Å². The van der Waals surface area contributed by atoms with Crippen LogP contribution in [-0.2, 0) is 37.2 Å². The molecular weight excluding hydrogens is 789 g/mol. The number of halogens is 1. The van der Waals surface area contributed by atoms with Crippen LogP contribution in [0, 0.1) is 15.4 Å². The Labute approximate surface area is 310 Å². The number of pyridine rings is 1. The zero-order chi connectivity index (χ0) is 36.1. The summed E-state index contributed by atoms with van der Waals surface area (Å²) in [4.78, 5) is 48.3. The molecule has 14 nitrogen and oxygen atoms in total. The van der Waals surface area contributed by atoms with Crippen molar-refractivity contribution in [1.82, 2.24) is 30.1 Å². The van der Waals surface area contributed by atoms with Crippen molar-refractivity contribution < 1.29 is 32.0 Å². The number of sulfonamides is 1. The molecular formula is C35H42IN7O7S. The summed E-state index contributed by atoms with van der Waals surface area (Å²) in [6.07, 6.45) is 8.18. The van der Waals surface area contributed by atoms with E-state index < -0.39 is 56.7 Å². The molecule has 4 aliphatic rings. The number of anilines is 1. The van der Waals surface area contributed by atoms with Gasteiger partial charge in [0.15, 0.2) is 0 Å². The largest absolute Gasteiger partial charge is 0.472 e. The molecule has 16 heteroatoms. The van der Waals surface area contributed by atoms with Gasteiger partial charge >= 0.3 is 6.01 Å². The lowest BCUT2D eigenvalue weighted by Crippen LogP contribution is -2.58. The number of rotatable bonds is 7. The maximum atomic E-state index is 14.4. The standard InChI is InChI=1S/C35H42IN7O7S/c1-4-21-16-35(21,33(46)42-51(47,48)23-11-12-23)39-30(44)27-15-22-18-43(27)32(45)29(19(2)3)38-34-41-40-28(50-34)9-7-5-6-8-20-10-13-24-25(14-20)31(49-22)37-17-26(24)36/h4,10,13-14,17,19,21-23,27,29H,1,5-9,11-12,15-16,18H2,2-3H3,(H,38,41)(H,39,44)(H,42,46)/t21-,22?,27?,29?,35-/m1/s1. The fraction of sp³-hybridized carbons (Fsp3) is 0.543. The smallest absolute Gasteiger partial charge is 0.316 e. The second-order valence-electron chi connectivity index (χ2n) is 14.4. The van der Waals surface area contributed by atoms with Gasteiger partial charge in [-0.1, -0.05) is 43.6 Å². The quantitative estimate of drug-likeness (QED) is 0.233. The number of hydrogen-bond acceptors (Lipinski definition) is 11. The lowest BCUT2D eigenvalue weighted by atomic mass is 10.0. The third kappa shape index (κ3) is 7.30. The maximum Gasteiger partial charge on any atom is 0.316 e. The molecule has 4 heterocycles. The third-order valence-electron chi connectivity index (χ3n) is 10.3. The molecule has 272 valence electrons. The Bertz CT molecular complexity index is 1980. The third-order valence-corrected chi connectivity index (χ3v) is 13.0. The van der Waals surface area contributed by atoms with Crippen LogP contribution in [0.4, 0.5) is 6.01 Å². The van der Waals surface area contributed by atoms with Gasteiger partial charge in [-0.2, -0.15) is 0 Å². The fourth-order valence-corrected chi connectivity index (χ4v) is 9.03. The number of nitrogens with zero attached hydrogens (tertiary/aromatic N) is 4. The molecule has 1 aromatic carbocycles.